The Morgan fingerprint density at radius 2 is 1.59 bits per heavy atom. The van der Waals surface area contributed by atoms with Gasteiger partial charge < -0.3 is 18.3 Å². The molecule has 0 aliphatic carbocycles. The standard InChI is InChI=1S/C32H24O5/c1-18-23(33)16-27-29-22(15-25(35-27)20-11-7-4-8-12-20)30-28(37-31(18)29)17-26(34-2)21-13-14-24(36-32(21)30)19-9-5-3-6-10-19/h3-12,15-17,24H,13-14H2,1-2H3/t24-/m1/s1. The van der Waals surface area contributed by atoms with E-state index in [-0.39, 0.29) is 11.5 Å². The molecule has 0 spiro atoms. The Labute approximate surface area is 212 Å². The summed E-state index contributed by atoms with van der Waals surface area (Å²) in [5.41, 5.74) is 5.11. The van der Waals surface area contributed by atoms with Gasteiger partial charge in [-0.25, -0.2) is 0 Å². The lowest BCUT2D eigenvalue weighted by molar-refractivity contribution is 0.177. The minimum Gasteiger partial charge on any atom is -0.496 e. The summed E-state index contributed by atoms with van der Waals surface area (Å²) in [7, 11) is 1.66. The third-order valence-electron chi connectivity index (χ3n) is 7.37. The summed E-state index contributed by atoms with van der Waals surface area (Å²) in [6, 6.07) is 25.7. The average molecular weight is 489 g/mol. The molecule has 37 heavy (non-hydrogen) atoms. The number of aryl methyl sites for hydroxylation is 1. The fraction of sp³-hybridized carbons (Fsp3) is 0.156. The van der Waals surface area contributed by atoms with Gasteiger partial charge in [-0.2, -0.15) is 0 Å². The molecular formula is C32H24O5. The molecule has 182 valence electrons. The van der Waals surface area contributed by atoms with Crippen LogP contribution in [-0.4, -0.2) is 7.11 Å². The topological polar surface area (TPSA) is 61.8 Å². The summed E-state index contributed by atoms with van der Waals surface area (Å²) in [4.78, 5) is 12.9. The molecule has 1 aliphatic heterocycles. The zero-order valence-electron chi connectivity index (χ0n) is 20.5. The molecule has 0 saturated carbocycles. The van der Waals surface area contributed by atoms with Crippen molar-refractivity contribution >= 4 is 32.9 Å². The number of rotatable bonds is 3. The van der Waals surface area contributed by atoms with Crippen LogP contribution in [0.2, 0.25) is 0 Å². The molecule has 0 N–H and O–H groups in total. The smallest absolute Gasteiger partial charge is 0.189 e. The number of hydrogen-bond donors (Lipinski definition) is 0. The second-order valence-corrected chi connectivity index (χ2v) is 9.51. The molecule has 0 radical (unpaired) electrons. The van der Waals surface area contributed by atoms with Crippen molar-refractivity contribution < 1.29 is 18.3 Å². The second kappa shape index (κ2) is 8.27. The zero-order chi connectivity index (χ0) is 25.1. The van der Waals surface area contributed by atoms with Gasteiger partial charge in [-0.05, 0) is 31.4 Å². The molecule has 6 aromatic rings. The molecule has 1 aliphatic rings. The normalized spacial score (nSPS) is 15.1. The minimum absolute atomic E-state index is 0.0884. The van der Waals surface area contributed by atoms with E-state index in [2.05, 4.69) is 12.1 Å². The Kier molecular flexibility index (Phi) is 4.86. The van der Waals surface area contributed by atoms with E-state index in [1.165, 1.54) is 0 Å². The fourth-order valence-corrected chi connectivity index (χ4v) is 5.49. The van der Waals surface area contributed by atoms with Gasteiger partial charge in [0.2, 0.25) is 0 Å². The number of ether oxygens (including phenoxy) is 2. The molecule has 5 heteroatoms. The molecule has 4 aromatic carbocycles. The van der Waals surface area contributed by atoms with Crippen molar-refractivity contribution in [2.45, 2.75) is 25.9 Å². The van der Waals surface area contributed by atoms with Gasteiger partial charge in [0.25, 0.3) is 0 Å². The Morgan fingerprint density at radius 3 is 2.35 bits per heavy atom. The molecule has 7 rings (SSSR count). The quantitative estimate of drug-likeness (QED) is 0.188. The number of fused-ring (bicyclic) bond motifs is 4. The summed E-state index contributed by atoms with van der Waals surface area (Å²) in [6.07, 6.45) is 1.56. The highest BCUT2D eigenvalue weighted by molar-refractivity contribution is 6.19. The molecule has 0 amide bonds. The maximum Gasteiger partial charge on any atom is 0.189 e. The van der Waals surface area contributed by atoms with E-state index in [0.717, 1.165) is 57.2 Å². The molecule has 3 heterocycles. The Morgan fingerprint density at radius 1 is 0.865 bits per heavy atom. The maximum atomic E-state index is 12.9. The van der Waals surface area contributed by atoms with Crippen LogP contribution in [0.5, 0.6) is 11.5 Å². The first-order chi connectivity index (χ1) is 18.1. The van der Waals surface area contributed by atoms with Gasteiger partial charge in [0.05, 0.1) is 17.9 Å². The van der Waals surface area contributed by atoms with Crippen LogP contribution >= 0.6 is 0 Å². The van der Waals surface area contributed by atoms with E-state index in [9.17, 15) is 4.79 Å². The summed E-state index contributed by atoms with van der Waals surface area (Å²) >= 11 is 0. The van der Waals surface area contributed by atoms with Gasteiger partial charge in [-0.1, -0.05) is 60.7 Å². The first kappa shape index (κ1) is 21.7. The molecule has 0 bridgehead atoms. The van der Waals surface area contributed by atoms with Gasteiger partial charge in [-0.15, -0.1) is 0 Å². The van der Waals surface area contributed by atoms with Gasteiger partial charge in [0.15, 0.2) is 5.43 Å². The van der Waals surface area contributed by atoms with E-state index < -0.39 is 0 Å². The highest BCUT2D eigenvalue weighted by Crippen LogP contribution is 2.49. The van der Waals surface area contributed by atoms with Crippen LogP contribution < -0.4 is 14.9 Å². The minimum atomic E-state index is -0.129. The van der Waals surface area contributed by atoms with Crippen molar-refractivity contribution in [3.05, 3.63) is 106 Å². The van der Waals surface area contributed by atoms with Crippen molar-refractivity contribution in [3.8, 4) is 22.8 Å². The van der Waals surface area contributed by atoms with E-state index in [1.807, 2.05) is 60.7 Å². The number of benzene rings is 4. The maximum absolute atomic E-state index is 12.9. The Balaban J connectivity index is 1.61. The first-order valence-electron chi connectivity index (χ1n) is 12.4. The zero-order valence-corrected chi connectivity index (χ0v) is 20.5. The van der Waals surface area contributed by atoms with Gasteiger partial charge in [-0.3, -0.25) is 4.79 Å². The van der Waals surface area contributed by atoms with Crippen molar-refractivity contribution in [2.24, 2.45) is 0 Å². The SMILES string of the molecule is COc1cc2oc3c(C)c(=O)cc4oc(-c5ccccc5)cc(c2c2c1CC[C@H](c1ccccc1)O2)c43. The predicted octanol–water partition coefficient (Wildman–Crippen LogP) is 7.74. The second-order valence-electron chi connectivity index (χ2n) is 9.51. The first-order valence-corrected chi connectivity index (χ1v) is 12.4. The molecule has 5 nitrogen and oxygen atoms in total. The molecule has 0 saturated heterocycles. The third-order valence-corrected chi connectivity index (χ3v) is 7.37. The average Bonchev–Trinajstić information content (AvgIpc) is 2.95. The number of methoxy groups -OCH3 is 1. The summed E-state index contributed by atoms with van der Waals surface area (Å²) in [6.45, 7) is 1.79. The molecule has 0 unspecified atom stereocenters. The van der Waals surface area contributed by atoms with Crippen LogP contribution in [0.15, 0.2) is 92.5 Å². The third kappa shape index (κ3) is 3.34. The lowest BCUT2D eigenvalue weighted by atomic mass is 9.93. The van der Waals surface area contributed by atoms with Crippen molar-refractivity contribution in [1.29, 1.82) is 0 Å². The molecule has 0 fully saturated rings. The van der Waals surface area contributed by atoms with Crippen LogP contribution in [0.3, 0.4) is 0 Å². The predicted molar refractivity (Wildman–Crippen MR) is 145 cm³/mol. The van der Waals surface area contributed by atoms with Crippen LogP contribution in [0.1, 0.15) is 29.2 Å². The summed E-state index contributed by atoms with van der Waals surface area (Å²) < 4.78 is 25.3. The van der Waals surface area contributed by atoms with Gasteiger partial charge >= 0.3 is 0 Å². The van der Waals surface area contributed by atoms with E-state index in [4.69, 9.17) is 18.3 Å². The highest BCUT2D eigenvalue weighted by atomic mass is 16.5. The Bertz CT molecular complexity index is 1860. The molecule has 2 aromatic heterocycles. The number of hydrogen-bond acceptors (Lipinski definition) is 5. The molecule has 1 atom stereocenters. The fourth-order valence-electron chi connectivity index (χ4n) is 5.49. The van der Waals surface area contributed by atoms with Crippen LogP contribution in [-0.2, 0) is 6.42 Å². The lowest BCUT2D eigenvalue weighted by Gasteiger charge is -2.29. The highest BCUT2D eigenvalue weighted by Gasteiger charge is 2.29. The van der Waals surface area contributed by atoms with E-state index in [0.29, 0.717) is 28.1 Å². The van der Waals surface area contributed by atoms with Gasteiger partial charge in [0.1, 0.15) is 40.1 Å². The van der Waals surface area contributed by atoms with Gasteiger partial charge in [0, 0.05) is 34.2 Å². The summed E-state index contributed by atoms with van der Waals surface area (Å²) in [5.74, 6) is 2.15. The monoisotopic (exact) mass is 488 g/mol. The summed E-state index contributed by atoms with van der Waals surface area (Å²) in [5, 5.41) is 2.56. The van der Waals surface area contributed by atoms with E-state index in [1.54, 1.807) is 20.1 Å². The molecular weight excluding hydrogens is 464 g/mol. The van der Waals surface area contributed by atoms with Crippen LogP contribution in [0.25, 0.3) is 44.2 Å². The Hall–Kier alpha value is -4.51. The van der Waals surface area contributed by atoms with Crippen molar-refractivity contribution in [2.75, 3.05) is 7.11 Å². The largest absolute Gasteiger partial charge is 0.496 e. The van der Waals surface area contributed by atoms with Crippen LogP contribution in [0.4, 0.5) is 0 Å². The van der Waals surface area contributed by atoms with Crippen LogP contribution in [0, 0.1) is 6.92 Å². The lowest BCUT2D eigenvalue weighted by Crippen LogP contribution is -2.16. The van der Waals surface area contributed by atoms with Crippen molar-refractivity contribution in [3.63, 3.8) is 0 Å². The van der Waals surface area contributed by atoms with E-state index >= 15 is 0 Å². The van der Waals surface area contributed by atoms with Crippen molar-refractivity contribution in [1.82, 2.24) is 0 Å².